The lowest BCUT2D eigenvalue weighted by atomic mass is 10.1. The van der Waals surface area contributed by atoms with Crippen LogP contribution in [0.2, 0.25) is 0 Å². The van der Waals surface area contributed by atoms with Crippen molar-refractivity contribution in [3.8, 4) is 0 Å². The molecule has 134 valence electrons. The summed E-state index contributed by atoms with van der Waals surface area (Å²) in [4.78, 5) is 29.1. The highest BCUT2D eigenvalue weighted by Gasteiger charge is 2.30. The van der Waals surface area contributed by atoms with Gasteiger partial charge in [-0.1, -0.05) is 30.0 Å². The van der Waals surface area contributed by atoms with Gasteiger partial charge >= 0.3 is 0 Å². The maximum Gasteiger partial charge on any atom is 0.238 e. The summed E-state index contributed by atoms with van der Waals surface area (Å²) in [6, 6.07) is 13.4. The minimum absolute atomic E-state index is 0.133. The van der Waals surface area contributed by atoms with Crippen molar-refractivity contribution < 1.29 is 9.59 Å². The van der Waals surface area contributed by atoms with Crippen LogP contribution in [0.5, 0.6) is 0 Å². The minimum Gasteiger partial charge on any atom is -0.325 e. The van der Waals surface area contributed by atoms with Crippen LogP contribution in [0.4, 0.5) is 11.4 Å². The van der Waals surface area contributed by atoms with E-state index in [-0.39, 0.29) is 18.2 Å². The molecule has 0 bridgehead atoms. The molecule has 6 heteroatoms. The van der Waals surface area contributed by atoms with Crippen molar-refractivity contribution in [1.82, 2.24) is 5.32 Å². The third-order valence-electron chi connectivity index (χ3n) is 4.17. The van der Waals surface area contributed by atoms with Gasteiger partial charge in [-0.3, -0.25) is 9.59 Å². The molecule has 1 atom stereocenters. The van der Waals surface area contributed by atoms with E-state index >= 15 is 0 Å². The fourth-order valence-electron chi connectivity index (χ4n) is 2.60. The third kappa shape index (κ3) is 4.52. The lowest BCUT2D eigenvalue weighted by molar-refractivity contribution is -0.123. The van der Waals surface area contributed by atoms with Gasteiger partial charge in [0.2, 0.25) is 11.8 Å². The summed E-state index contributed by atoms with van der Waals surface area (Å²) in [5, 5.41) is 5.58. The molecule has 0 saturated carbocycles. The molecule has 1 fully saturated rings. The summed E-state index contributed by atoms with van der Waals surface area (Å²) >= 11 is 1.28. The smallest absolute Gasteiger partial charge is 0.238 e. The first-order chi connectivity index (χ1) is 12.4. The van der Waals surface area contributed by atoms with Crippen LogP contribution in [0.3, 0.4) is 0 Å². The zero-order valence-corrected chi connectivity index (χ0v) is 15.8. The molecule has 2 amide bonds. The number of rotatable bonds is 3. The maximum atomic E-state index is 12.6. The number of aliphatic imine (C=N–C) groups is 1. The number of amides is 2. The second kappa shape index (κ2) is 7.74. The van der Waals surface area contributed by atoms with E-state index in [0.29, 0.717) is 5.17 Å². The van der Waals surface area contributed by atoms with Crippen LogP contribution in [0.25, 0.3) is 0 Å². The van der Waals surface area contributed by atoms with Crippen molar-refractivity contribution in [3.05, 3.63) is 59.2 Å². The number of carbonyl (C=O) groups excluding carboxylic acids is 2. The van der Waals surface area contributed by atoms with Gasteiger partial charge in [0, 0.05) is 12.1 Å². The van der Waals surface area contributed by atoms with Crippen LogP contribution in [0, 0.1) is 20.8 Å². The number of benzene rings is 2. The van der Waals surface area contributed by atoms with E-state index in [1.54, 1.807) is 0 Å². The van der Waals surface area contributed by atoms with Crippen molar-refractivity contribution in [1.29, 1.82) is 0 Å². The number of hydrogen-bond acceptors (Lipinski definition) is 4. The van der Waals surface area contributed by atoms with Crippen molar-refractivity contribution in [2.24, 2.45) is 4.99 Å². The lowest BCUT2D eigenvalue weighted by Crippen LogP contribution is -2.41. The summed E-state index contributed by atoms with van der Waals surface area (Å²) in [5.41, 5.74) is 4.87. The number of aryl methyl sites for hydroxylation is 3. The predicted octanol–water partition coefficient (Wildman–Crippen LogP) is 3.86. The number of nitrogens with one attached hydrogen (secondary N) is 2. The van der Waals surface area contributed by atoms with Crippen LogP contribution in [0.15, 0.2) is 47.5 Å². The molecule has 2 N–H and O–H groups in total. The SMILES string of the molecule is Cc1cccc(NC(=O)[C@@H]2CC(=O)NC(=Nc3ccc(C)c(C)c3)S2)c1. The molecule has 0 unspecified atom stereocenters. The molecule has 1 aliphatic rings. The molecule has 26 heavy (non-hydrogen) atoms. The first-order valence-electron chi connectivity index (χ1n) is 8.41. The molecule has 2 aromatic carbocycles. The number of hydrogen-bond donors (Lipinski definition) is 2. The second-order valence-electron chi connectivity index (χ2n) is 6.40. The zero-order valence-electron chi connectivity index (χ0n) is 15.0. The summed E-state index contributed by atoms with van der Waals surface area (Å²) in [6.07, 6.45) is 0.133. The number of thioether (sulfide) groups is 1. The first kappa shape index (κ1) is 18.2. The molecule has 0 spiro atoms. The Morgan fingerprint density at radius 1 is 1.15 bits per heavy atom. The third-order valence-corrected chi connectivity index (χ3v) is 5.25. The Hall–Kier alpha value is -2.60. The Labute approximate surface area is 157 Å². The number of amidine groups is 1. The van der Waals surface area contributed by atoms with E-state index in [9.17, 15) is 9.59 Å². The van der Waals surface area contributed by atoms with Crippen molar-refractivity contribution >= 4 is 40.1 Å². The summed E-state index contributed by atoms with van der Waals surface area (Å²) in [5.74, 6) is -0.390. The summed E-state index contributed by atoms with van der Waals surface area (Å²) in [7, 11) is 0. The second-order valence-corrected chi connectivity index (χ2v) is 7.59. The normalized spacial score (nSPS) is 18.5. The lowest BCUT2D eigenvalue weighted by Gasteiger charge is -2.22. The standard InChI is InChI=1S/C20H21N3O2S/c1-12-5-4-6-15(9-12)21-19(25)17-11-18(24)23-20(26-17)22-16-8-7-13(2)14(3)10-16/h4-10,17H,11H2,1-3H3,(H,21,25)(H,22,23,24)/t17-/m0/s1. The first-order valence-corrected chi connectivity index (χ1v) is 9.28. The van der Waals surface area contributed by atoms with E-state index in [1.807, 2.05) is 63.2 Å². The summed E-state index contributed by atoms with van der Waals surface area (Å²) in [6.45, 7) is 6.02. The van der Waals surface area contributed by atoms with Crippen LogP contribution < -0.4 is 10.6 Å². The molecule has 0 aromatic heterocycles. The zero-order chi connectivity index (χ0) is 18.7. The minimum atomic E-state index is -0.505. The van der Waals surface area contributed by atoms with E-state index in [0.717, 1.165) is 22.5 Å². The van der Waals surface area contributed by atoms with E-state index in [4.69, 9.17) is 0 Å². The van der Waals surface area contributed by atoms with Crippen LogP contribution in [-0.2, 0) is 9.59 Å². The van der Waals surface area contributed by atoms with Gasteiger partial charge in [0.05, 0.1) is 5.69 Å². The molecule has 1 saturated heterocycles. The maximum absolute atomic E-state index is 12.6. The molecule has 5 nitrogen and oxygen atoms in total. The molecular weight excluding hydrogens is 346 g/mol. The van der Waals surface area contributed by atoms with Crippen LogP contribution >= 0.6 is 11.8 Å². The topological polar surface area (TPSA) is 70.6 Å². The van der Waals surface area contributed by atoms with Gasteiger partial charge in [0.15, 0.2) is 5.17 Å². The van der Waals surface area contributed by atoms with Crippen LogP contribution in [0.1, 0.15) is 23.1 Å². The number of carbonyl (C=O) groups is 2. The van der Waals surface area contributed by atoms with Gasteiger partial charge < -0.3 is 10.6 Å². The summed E-state index contributed by atoms with van der Waals surface area (Å²) < 4.78 is 0. The highest BCUT2D eigenvalue weighted by molar-refractivity contribution is 8.15. The highest BCUT2D eigenvalue weighted by atomic mass is 32.2. The molecule has 1 aliphatic heterocycles. The Morgan fingerprint density at radius 2 is 1.96 bits per heavy atom. The Morgan fingerprint density at radius 3 is 2.69 bits per heavy atom. The predicted molar refractivity (Wildman–Crippen MR) is 107 cm³/mol. The Kier molecular flexibility index (Phi) is 5.42. The number of anilines is 1. The van der Waals surface area contributed by atoms with E-state index in [1.165, 1.54) is 17.3 Å². The molecule has 1 heterocycles. The van der Waals surface area contributed by atoms with E-state index in [2.05, 4.69) is 15.6 Å². The van der Waals surface area contributed by atoms with Gasteiger partial charge in [-0.05, 0) is 61.7 Å². The fraction of sp³-hybridized carbons (Fsp3) is 0.250. The largest absolute Gasteiger partial charge is 0.325 e. The Bertz CT molecular complexity index is 892. The molecule has 0 aliphatic carbocycles. The molecular formula is C20H21N3O2S. The number of nitrogens with zero attached hydrogens (tertiary/aromatic N) is 1. The monoisotopic (exact) mass is 367 g/mol. The quantitative estimate of drug-likeness (QED) is 0.865. The molecule has 0 radical (unpaired) electrons. The Balaban J connectivity index is 1.74. The van der Waals surface area contributed by atoms with Crippen LogP contribution in [-0.4, -0.2) is 22.2 Å². The van der Waals surface area contributed by atoms with Gasteiger partial charge in [-0.15, -0.1) is 0 Å². The van der Waals surface area contributed by atoms with Gasteiger partial charge in [-0.2, -0.15) is 0 Å². The molecule has 2 aromatic rings. The van der Waals surface area contributed by atoms with Gasteiger partial charge in [0.25, 0.3) is 0 Å². The highest BCUT2D eigenvalue weighted by Crippen LogP contribution is 2.26. The van der Waals surface area contributed by atoms with Crippen molar-refractivity contribution in [2.75, 3.05) is 5.32 Å². The average Bonchev–Trinajstić information content (AvgIpc) is 2.58. The van der Waals surface area contributed by atoms with Crippen molar-refractivity contribution in [2.45, 2.75) is 32.4 Å². The van der Waals surface area contributed by atoms with Gasteiger partial charge in [-0.25, -0.2) is 4.99 Å². The average molecular weight is 367 g/mol. The van der Waals surface area contributed by atoms with Crippen molar-refractivity contribution in [3.63, 3.8) is 0 Å². The fourth-order valence-corrected chi connectivity index (χ4v) is 3.60. The molecule has 3 rings (SSSR count). The van der Waals surface area contributed by atoms with Gasteiger partial charge in [0.1, 0.15) is 5.25 Å². The van der Waals surface area contributed by atoms with E-state index < -0.39 is 5.25 Å².